The summed E-state index contributed by atoms with van der Waals surface area (Å²) in [7, 11) is 0. The molecule has 0 saturated heterocycles. The monoisotopic (exact) mass is 673 g/mol. The van der Waals surface area contributed by atoms with E-state index in [1.54, 1.807) is 0 Å². The number of carbonyl (C=O) groups is 1. The molecule has 2 aromatic carbocycles. The molecule has 2 aliphatic rings. The van der Waals surface area contributed by atoms with E-state index in [2.05, 4.69) is 88.4 Å². The van der Waals surface area contributed by atoms with Gasteiger partial charge in [0.15, 0.2) is 5.78 Å². The van der Waals surface area contributed by atoms with Gasteiger partial charge in [0.1, 0.15) is 11.3 Å². The first-order valence-electron chi connectivity index (χ1n) is 12.6. The smallest absolute Gasteiger partial charge is 0.155 e. The molecular formula is C32H34IrNO3-. The summed E-state index contributed by atoms with van der Waals surface area (Å²) in [5.74, 6) is 1.93. The average molecular weight is 673 g/mol. The molecule has 1 aliphatic carbocycles. The van der Waals surface area contributed by atoms with E-state index < -0.39 is 0 Å². The van der Waals surface area contributed by atoms with E-state index in [0.29, 0.717) is 11.8 Å². The van der Waals surface area contributed by atoms with Gasteiger partial charge in [0.25, 0.3) is 0 Å². The number of carbonyl (C=O) groups excluding carboxylic acids is 1. The molecule has 1 radical (unpaired) electrons. The maximum atomic E-state index is 10.0. The third-order valence-electron chi connectivity index (χ3n) is 6.43. The van der Waals surface area contributed by atoms with E-state index in [1.807, 2.05) is 6.07 Å². The number of para-hydroxylation sites is 1. The number of hydrogen-bond donors (Lipinski definition) is 1. The molecule has 37 heavy (non-hydrogen) atoms. The van der Waals surface area contributed by atoms with Gasteiger partial charge < -0.3 is 14.5 Å². The third-order valence-corrected chi connectivity index (χ3v) is 6.43. The molecule has 2 heterocycles. The maximum Gasteiger partial charge on any atom is 0.155 e. The molecule has 195 valence electrons. The molecule has 0 saturated carbocycles. The molecule has 2 atom stereocenters. The van der Waals surface area contributed by atoms with Gasteiger partial charge in [0.2, 0.25) is 0 Å². The molecule has 0 spiro atoms. The summed E-state index contributed by atoms with van der Waals surface area (Å²) >= 11 is 0. The van der Waals surface area contributed by atoms with Crippen molar-refractivity contribution >= 4 is 22.5 Å². The van der Waals surface area contributed by atoms with Crippen molar-refractivity contribution in [3.05, 3.63) is 107 Å². The summed E-state index contributed by atoms with van der Waals surface area (Å²) in [6, 6.07) is 16.6. The average Bonchev–Trinajstić information content (AvgIpc) is 3.22. The van der Waals surface area contributed by atoms with E-state index in [9.17, 15) is 4.79 Å². The van der Waals surface area contributed by atoms with Crippen LogP contribution >= 0.6 is 0 Å². The number of ketones is 1. The van der Waals surface area contributed by atoms with Crippen LogP contribution in [0.5, 0.6) is 0 Å². The van der Waals surface area contributed by atoms with Crippen molar-refractivity contribution in [1.29, 1.82) is 0 Å². The van der Waals surface area contributed by atoms with Crippen LogP contribution in [-0.2, 0) is 24.9 Å². The Morgan fingerprint density at radius 3 is 2.38 bits per heavy atom. The maximum absolute atomic E-state index is 10.0. The van der Waals surface area contributed by atoms with Crippen LogP contribution in [0.15, 0.2) is 81.9 Å². The largest absolute Gasteiger partial charge is 0.512 e. The van der Waals surface area contributed by atoms with Crippen LogP contribution in [0.4, 0.5) is 0 Å². The zero-order valence-electron chi connectivity index (χ0n) is 22.2. The minimum atomic E-state index is -0.125. The van der Waals surface area contributed by atoms with E-state index in [4.69, 9.17) is 14.5 Å². The molecule has 1 aromatic heterocycles. The van der Waals surface area contributed by atoms with Crippen molar-refractivity contribution < 1.29 is 34.4 Å². The van der Waals surface area contributed by atoms with Crippen molar-refractivity contribution in [2.75, 3.05) is 0 Å². The van der Waals surface area contributed by atoms with Crippen molar-refractivity contribution in [3.63, 3.8) is 0 Å². The summed E-state index contributed by atoms with van der Waals surface area (Å²) in [5, 5.41) is 9.55. The molecule has 4 nitrogen and oxygen atoms in total. The Kier molecular flexibility index (Phi) is 9.28. The molecule has 0 amide bonds. The van der Waals surface area contributed by atoms with E-state index in [-0.39, 0.29) is 43.6 Å². The van der Waals surface area contributed by atoms with Gasteiger partial charge in [0, 0.05) is 48.8 Å². The van der Waals surface area contributed by atoms with Gasteiger partial charge in [0.05, 0.1) is 11.8 Å². The Morgan fingerprint density at radius 1 is 1.05 bits per heavy atom. The minimum absolute atomic E-state index is 0. The Balaban J connectivity index is 0.000000422. The second-order valence-electron chi connectivity index (χ2n) is 10.1. The SMILES string of the molecule is CC(=O)/C=C(/C)O.CC(C)c1[c-]c(C2=NC3C=CC=CC3c3c2oc2ccccc32)cc(C(C)C)c1.[Ir]. The number of rotatable bonds is 4. The summed E-state index contributed by atoms with van der Waals surface area (Å²) in [6.45, 7) is 11.8. The Morgan fingerprint density at radius 2 is 1.76 bits per heavy atom. The standard InChI is InChI=1S/C27H26NO.C5H8O2.Ir/c1-16(2)18-13-19(17(3)4)15-20(14-18)26-27-25(21-9-5-7-11-23(21)28-26)22-10-6-8-12-24(22)29-27;1-4(6)3-5(2)7;/h5-14,16-17,21,23H,1-4H3;3,6H,1-2H3;/q-1;;/b;4-3-;. The minimum Gasteiger partial charge on any atom is -0.512 e. The van der Waals surface area contributed by atoms with Crippen LogP contribution in [-0.4, -0.2) is 22.6 Å². The summed E-state index contributed by atoms with van der Waals surface area (Å²) < 4.78 is 6.40. The van der Waals surface area contributed by atoms with Gasteiger partial charge in [-0.2, -0.15) is 0 Å². The fourth-order valence-electron chi connectivity index (χ4n) is 4.64. The first-order chi connectivity index (χ1) is 17.2. The Bertz CT molecular complexity index is 1370. The number of furan rings is 1. The second-order valence-corrected chi connectivity index (χ2v) is 10.1. The van der Waals surface area contributed by atoms with Crippen LogP contribution in [0.1, 0.15) is 87.3 Å². The third kappa shape index (κ3) is 6.29. The summed E-state index contributed by atoms with van der Waals surface area (Å²) in [6.07, 6.45) is 9.84. The number of aliphatic imine (C=N–C) groups is 1. The van der Waals surface area contributed by atoms with Crippen LogP contribution in [0, 0.1) is 6.07 Å². The zero-order chi connectivity index (χ0) is 26.0. The number of fused-ring (bicyclic) bond motifs is 5. The molecule has 1 aliphatic heterocycles. The number of benzene rings is 2. The van der Waals surface area contributed by atoms with Crippen LogP contribution < -0.4 is 0 Å². The fourth-order valence-corrected chi connectivity index (χ4v) is 4.64. The van der Waals surface area contributed by atoms with Gasteiger partial charge in [-0.25, -0.2) is 0 Å². The van der Waals surface area contributed by atoms with Crippen LogP contribution in [0.2, 0.25) is 0 Å². The van der Waals surface area contributed by atoms with Crippen molar-refractivity contribution in [2.24, 2.45) is 4.99 Å². The molecule has 5 heteroatoms. The Labute approximate surface area is 233 Å². The van der Waals surface area contributed by atoms with Crippen molar-refractivity contribution in [1.82, 2.24) is 0 Å². The molecule has 3 aromatic rings. The topological polar surface area (TPSA) is 62.8 Å². The number of aliphatic hydroxyl groups excluding tert-OH is 1. The van der Waals surface area contributed by atoms with Gasteiger partial charge in [-0.05, 0) is 31.7 Å². The summed E-state index contributed by atoms with van der Waals surface area (Å²) in [5.41, 5.74) is 6.71. The molecule has 0 bridgehead atoms. The van der Waals surface area contributed by atoms with E-state index in [0.717, 1.165) is 22.6 Å². The van der Waals surface area contributed by atoms with Gasteiger partial charge in [-0.15, -0.1) is 34.9 Å². The molecular weight excluding hydrogens is 639 g/mol. The molecule has 2 unspecified atom stereocenters. The zero-order valence-corrected chi connectivity index (χ0v) is 24.6. The predicted molar refractivity (Wildman–Crippen MR) is 147 cm³/mol. The van der Waals surface area contributed by atoms with Gasteiger partial charge >= 0.3 is 0 Å². The second kappa shape index (κ2) is 12.0. The number of aliphatic hydroxyl groups is 1. The predicted octanol–water partition coefficient (Wildman–Crippen LogP) is 7.94. The van der Waals surface area contributed by atoms with E-state index >= 15 is 0 Å². The first-order valence-corrected chi connectivity index (χ1v) is 12.6. The normalized spacial score (nSPS) is 18.1. The fraction of sp³-hybridized carbons (Fsp3) is 0.312. The molecule has 1 N–H and O–H groups in total. The van der Waals surface area contributed by atoms with Crippen LogP contribution in [0.3, 0.4) is 0 Å². The number of allylic oxidation sites excluding steroid dienone is 4. The number of hydrogen-bond acceptors (Lipinski definition) is 4. The van der Waals surface area contributed by atoms with Crippen LogP contribution in [0.25, 0.3) is 11.0 Å². The number of nitrogens with zero attached hydrogens (tertiary/aromatic N) is 1. The van der Waals surface area contributed by atoms with E-state index in [1.165, 1.54) is 42.0 Å². The van der Waals surface area contributed by atoms with Gasteiger partial charge in [-0.1, -0.05) is 70.2 Å². The quantitative estimate of drug-likeness (QED) is 0.174. The Hall–Kier alpha value is -3.01. The summed E-state index contributed by atoms with van der Waals surface area (Å²) in [4.78, 5) is 15.2. The molecule has 0 fully saturated rings. The van der Waals surface area contributed by atoms with Gasteiger partial charge in [-0.3, -0.25) is 4.79 Å². The van der Waals surface area contributed by atoms with Crippen molar-refractivity contribution in [2.45, 2.75) is 65.3 Å². The van der Waals surface area contributed by atoms with Crippen molar-refractivity contribution in [3.8, 4) is 0 Å². The first kappa shape index (κ1) is 28.6. The molecule has 5 rings (SSSR count).